The number of rotatable bonds is 5. The van der Waals surface area contributed by atoms with Crippen molar-refractivity contribution in [1.82, 2.24) is 14.8 Å². The van der Waals surface area contributed by atoms with Gasteiger partial charge >= 0.3 is 5.97 Å². The summed E-state index contributed by atoms with van der Waals surface area (Å²) in [5, 5.41) is 14.9. The molecule has 1 aliphatic heterocycles. The fraction of sp³-hybridized carbons (Fsp3) is 0.353. The topological polar surface area (TPSA) is 130 Å². The van der Waals surface area contributed by atoms with E-state index in [1.807, 2.05) is 6.92 Å². The van der Waals surface area contributed by atoms with Crippen molar-refractivity contribution in [3.8, 4) is 0 Å². The number of carboxylic acid groups (broad SMARTS) is 1. The van der Waals surface area contributed by atoms with Gasteiger partial charge in [-0.3, -0.25) is 9.59 Å². The average molecular weight is 393 g/mol. The van der Waals surface area contributed by atoms with Gasteiger partial charge in [-0.15, -0.1) is 0 Å². The molecule has 2 aromatic rings. The van der Waals surface area contributed by atoms with Gasteiger partial charge in [-0.05, 0) is 26.0 Å². The van der Waals surface area contributed by atoms with Gasteiger partial charge in [0.15, 0.2) is 5.69 Å². The molecular formula is C17H19N3O6S. The minimum Gasteiger partial charge on any atom is -0.480 e. The third kappa shape index (κ3) is 3.71. The van der Waals surface area contributed by atoms with Crippen molar-refractivity contribution < 1.29 is 27.6 Å². The second-order valence-electron chi connectivity index (χ2n) is 6.37. The molecule has 9 nitrogen and oxygen atoms in total. The van der Waals surface area contributed by atoms with Crippen LogP contribution in [0.15, 0.2) is 33.7 Å². The molecule has 0 radical (unpaired) electrons. The van der Waals surface area contributed by atoms with E-state index in [-0.39, 0.29) is 30.1 Å². The smallest absolute Gasteiger partial charge is 0.325 e. The minimum absolute atomic E-state index is 0.0702. The molecule has 1 aliphatic rings. The number of hydrogen-bond acceptors (Lipinski definition) is 6. The summed E-state index contributed by atoms with van der Waals surface area (Å²) >= 11 is 0. The van der Waals surface area contributed by atoms with E-state index in [1.165, 1.54) is 23.4 Å². The second kappa shape index (κ2) is 7.12. The number of carbonyl (C=O) groups is 2. The Morgan fingerprint density at radius 1 is 1.30 bits per heavy atom. The first-order valence-electron chi connectivity index (χ1n) is 8.28. The Hall–Kier alpha value is -2.72. The van der Waals surface area contributed by atoms with Gasteiger partial charge in [-0.2, -0.15) is 4.31 Å². The maximum absolute atomic E-state index is 12.9. The van der Waals surface area contributed by atoms with E-state index in [4.69, 9.17) is 9.63 Å². The Kier molecular flexibility index (Phi) is 5.03. The van der Waals surface area contributed by atoms with Crippen LogP contribution in [-0.2, 0) is 27.8 Å². The fourth-order valence-corrected chi connectivity index (χ4v) is 4.16. The van der Waals surface area contributed by atoms with E-state index in [2.05, 4.69) is 10.5 Å². The number of aromatic nitrogens is 1. The number of aryl methyl sites for hydroxylation is 1. The molecule has 0 aliphatic carbocycles. The van der Waals surface area contributed by atoms with Crippen molar-refractivity contribution >= 4 is 21.9 Å². The average Bonchev–Trinajstić information content (AvgIpc) is 3.05. The van der Waals surface area contributed by atoms with E-state index >= 15 is 0 Å². The summed E-state index contributed by atoms with van der Waals surface area (Å²) in [6.45, 7) is 3.31. The summed E-state index contributed by atoms with van der Waals surface area (Å²) in [4.78, 5) is 23.4. The predicted octanol–water partition coefficient (Wildman–Crippen LogP) is 0.933. The van der Waals surface area contributed by atoms with Gasteiger partial charge in [0.2, 0.25) is 10.0 Å². The van der Waals surface area contributed by atoms with E-state index in [0.717, 1.165) is 5.56 Å². The molecule has 0 saturated carbocycles. The quantitative estimate of drug-likeness (QED) is 0.773. The third-order valence-corrected chi connectivity index (χ3v) is 6.24. The van der Waals surface area contributed by atoms with Gasteiger partial charge in [-0.1, -0.05) is 22.9 Å². The molecule has 1 amide bonds. The van der Waals surface area contributed by atoms with Crippen LogP contribution in [0.1, 0.15) is 34.3 Å². The number of carbonyl (C=O) groups excluding carboxylic acids is 1. The van der Waals surface area contributed by atoms with E-state index in [0.29, 0.717) is 11.3 Å². The van der Waals surface area contributed by atoms with Crippen molar-refractivity contribution in [3.63, 3.8) is 0 Å². The first-order chi connectivity index (χ1) is 12.7. The second-order valence-corrected chi connectivity index (χ2v) is 8.31. The van der Waals surface area contributed by atoms with Gasteiger partial charge in [0, 0.05) is 25.1 Å². The van der Waals surface area contributed by atoms with Crippen molar-refractivity contribution in [1.29, 1.82) is 0 Å². The lowest BCUT2D eigenvalue weighted by molar-refractivity contribution is -0.138. The van der Waals surface area contributed by atoms with Gasteiger partial charge in [0.05, 0.1) is 4.90 Å². The van der Waals surface area contributed by atoms with Crippen LogP contribution in [0.3, 0.4) is 0 Å². The number of amides is 1. The Morgan fingerprint density at radius 3 is 2.59 bits per heavy atom. The molecule has 27 heavy (non-hydrogen) atoms. The standard InChI is InChI=1S/C17H19N3O6S/c1-10-3-5-12(6-4-10)27(24,25)20-8-7-14-13(9-20)15(19-26-14)16(21)18-11(2)17(22)23/h3-6,11H,7-9H2,1-2H3,(H,18,21)(H,22,23). The highest BCUT2D eigenvalue weighted by Crippen LogP contribution is 2.27. The SMILES string of the molecule is Cc1ccc(S(=O)(=O)N2CCc3onc(C(=O)NC(C)C(=O)O)c3C2)cc1. The maximum atomic E-state index is 12.9. The molecule has 0 bridgehead atoms. The molecule has 2 N–H and O–H groups in total. The summed E-state index contributed by atoms with van der Waals surface area (Å²) in [5.41, 5.74) is 1.20. The lowest BCUT2D eigenvalue weighted by Crippen LogP contribution is -2.40. The summed E-state index contributed by atoms with van der Waals surface area (Å²) in [6, 6.07) is 5.40. The maximum Gasteiger partial charge on any atom is 0.325 e. The number of sulfonamides is 1. The summed E-state index contributed by atoms with van der Waals surface area (Å²) in [6.07, 6.45) is 0.273. The number of hydrogen-bond donors (Lipinski definition) is 2. The lowest BCUT2D eigenvalue weighted by atomic mass is 10.1. The van der Waals surface area contributed by atoms with Crippen LogP contribution in [0.4, 0.5) is 0 Å². The van der Waals surface area contributed by atoms with Crippen LogP contribution < -0.4 is 5.32 Å². The summed E-state index contributed by atoms with van der Waals surface area (Å²) in [5.74, 6) is -1.48. The monoisotopic (exact) mass is 393 g/mol. The van der Waals surface area contributed by atoms with Gasteiger partial charge < -0.3 is 14.9 Å². The van der Waals surface area contributed by atoms with E-state index < -0.39 is 27.9 Å². The number of carboxylic acids is 1. The number of aliphatic carboxylic acids is 1. The fourth-order valence-electron chi connectivity index (χ4n) is 2.75. The molecule has 2 heterocycles. The minimum atomic E-state index is -3.74. The van der Waals surface area contributed by atoms with Crippen molar-refractivity contribution in [2.24, 2.45) is 0 Å². The number of benzene rings is 1. The molecular weight excluding hydrogens is 374 g/mol. The van der Waals surface area contributed by atoms with E-state index in [9.17, 15) is 18.0 Å². The Bertz CT molecular complexity index is 981. The van der Waals surface area contributed by atoms with Gasteiger partial charge in [0.1, 0.15) is 11.8 Å². The van der Waals surface area contributed by atoms with Gasteiger partial charge in [-0.25, -0.2) is 8.42 Å². The molecule has 144 valence electrons. The van der Waals surface area contributed by atoms with Crippen molar-refractivity contribution in [2.45, 2.75) is 37.8 Å². The highest BCUT2D eigenvalue weighted by Gasteiger charge is 2.34. The third-order valence-electron chi connectivity index (χ3n) is 4.38. The Balaban J connectivity index is 1.85. The summed E-state index contributed by atoms with van der Waals surface area (Å²) in [7, 11) is -3.74. The highest BCUT2D eigenvalue weighted by atomic mass is 32.2. The van der Waals surface area contributed by atoms with Crippen LogP contribution in [-0.4, -0.2) is 47.4 Å². The molecule has 1 atom stereocenters. The van der Waals surface area contributed by atoms with Crippen molar-refractivity contribution in [3.05, 3.63) is 46.8 Å². The first kappa shape index (κ1) is 19.1. The molecule has 1 aromatic carbocycles. The summed E-state index contributed by atoms with van der Waals surface area (Å²) < 4.78 is 32.2. The molecule has 10 heteroatoms. The molecule has 0 saturated heterocycles. The van der Waals surface area contributed by atoms with Crippen molar-refractivity contribution in [2.75, 3.05) is 6.54 Å². The zero-order valence-corrected chi connectivity index (χ0v) is 15.6. The largest absolute Gasteiger partial charge is 0.480 e. The Morgan fingerprint density at radius 2 is 1.96 bits per heavy atom. The lowest BCUT2D eigenvalue weighted by Gasteiger charge is -2.25. The van der Waals surface area contributed by atoms with Crippen LogP contribution >= 0.6 is 0 Å². The predicted molar refractivity (Wildman–Crippen MR) is 93.5 cm³/mol. The number of nitrogens with one attached hydrogen (secondary N) is 1. The van der Waals surface area contributed by atoms with Crippen LogP contribution in [0, 0.1) is 6.92 Å². The molecule has 0 fully saturated rings. The van der Waals surface area contributed by atoms with E-state index in [1.54, 1.807) is 12.1 Å². The first-order valence-corrected chi connectivity index (χ1v) is 9.72. The molecule has 3 rings (SSSR count). The molecule has 1 aromatic heterocycles. The highest BCUT2D eigenvalue weighted by molar-refractivity contribution is 7.89. The van der Waals surface area contributed by atoms with Crippen LogP contribution in [0.25, 0.3) is 0 Å². The van der Waals surface area contributed by atoms with Crippen LogP contribution in [0.5, 0.6) is 0 Å². The van der Waals surface area contributed by atoms with Gasteiger partial charge in [0.25, 0.3) is 5.91 Å². The molecule has 0 spiro atoms. The normalized spacial score (nSPS) is 15.8. The zero-order valence-electron chi connectivity index (χ0n) is 14.8. The molecule has 1 unspecified atom stereocenters. The Labute approximate surface area is 156 Å². The van der Waals surface area contributed by atoms with Crippen LogP contribution in [0.2, 0.25) is 0 Å². The number of nitrogens with zero attached hydrogens (tertiary/aromatic N) is 2. The number of fused-ring (bicyclic) bond motifs is 1. The zero-order chi connectivity index (χ0) is 19.8.